The van der Waals surface area contributed by atoms with Crippen LogP contribution in [0.2, 0.25) is 0 Å². The molecule has 0 bridgehead atoms. The number of hydrogen-bond donors (Lipinski definition) is 1. The Labute approximate surface area is 84.0 Å². The summed E-state index contributed by atoms with van der Waals surface area (Å²) in [6.07, 6.45) is 8.98. The van der Waals surface area contributed by atoms with Crippen LogP contribution in [0.15, 0.2) is 12.5 Å². The molecule has 0 aromatic carbocycles. The van der Waals surface area contributed by atoms with Crippen LogP contribution in [0.1, 0.15) is 42.9 Å². The van der Waals surface area contributed by atoms with Crippen molar-refractivity contribution in [2.24, 2.45) is 0 Å². The predicted octanol–water partition coefficient (Wildman–Crippen LogP) is 1.61. The number of rotatable bonds is 0. The fourth-order valence-corrected chi connectivity index (χ4v) is 2.78. The molecule has 3 rings (SSSR count). The highest BCUT2D eigenvalue weighted by atomic mass is 15.0. The lowest BCUT2D eigenvalue weighted by Gasteiger charge is -2.36. The first-order valence-corrected chi connectivity index (χ1v) is 5.47. The van der Waals surface area contributed by atoms with Crippen LogP contribution >= 0.6 is 0 Å². The molecule has 1 aliphatic carbocycles. The van der Waals surface area contributed by atoms with E-state index in [4.69, 9.17) is 0 Å². The van der Waals surface area contributed by atoms with Crippen molar-refractivity contribution in [3.05, 3.63) is 23.8 Å². The summed E-state index contributed by atoms with van der Waals surface area (Å²) in [7, 11) is 0. The van der Waals surface area contributed by atoms with Crippen molar-refractivity contribution in [2.75, 3.05) is 0 Å². The molecule has 2 atom stereocenters. The van der Waals surface area contributed by atoms with Crippen molar-refractivity contribution in [1.29, 1.82) is 0 Å². The van der Waals surface area contributed by atoms with Crippen molar-refractivity contribution >= 4 is 0 Å². The zero-order valence-corrected chi connectivity index (χ0v) is 8.24. The van der Waals surface area contributed by atoms with Crippen LogP contribution in [0.4, 0.5) is 0 Å². The summed E-state index contributed by atoms with van der Waals surface area (Å²) in [6, 6.07) is 0.672. The molecular weight excluding hydrogens is 174 g/mol. The van der Waals surface area contributed by atoms with Crippen molar-refractivity contribution in [1.82, 2.24) is 15.3 Å². The Morgan fingerprint density at radius 1 is 1.29 bits per heavy atom. The maximum atomic E-state index is 4.45. The Kier molecular flexibility index (Phi) is 1.98. The van der Waals surface area contributed by atoms with E-state index >= 15 is 0 Å². The van der Waals surface area contributed by atoms with Crippen LogP contribution in [-0.2, 0) is 6.54 Å². The Morgan fingerprint density at radius 3 is 3.21 bits per heavy atom. The van der Waals surface area contributed by atoms with Gasteiger partial charge in [-0.25, -0.2) is 9.97 Å². The molecule has 0 saturated heterocycles. The molecule has 2 heterocycles. The van der Waals surface area contributed by atoms with Gasteiger partial charge in [-0.2, -0.15) is 0 Å². The highest BCUT2D eigenvalue weighted by molar-refractivity contribution is 5.25. The van der Waals surface area contributed by atoms with Crippen molar-refractivity contribution < 1.29 is 0 Å². The standard InChI is InChI=1S/C11H15N3/c1-2-4-10-9(3-1)11-8(6-13-10)5-12-7-14-11/h5,7,9-10,13H,1-4,6H2. The summed E-state index contributed by atoms with van der Waals surface area (Å²) in [5.41, 5.74) is 2.61. The molecule has 1 N–H and O–H groups in total. The molecule has 0 amide bonds. The highest BCUT2D eigenvalue weighted by Gasteiger charge is 2.32. The Morgan fingerprint density at radius 2 is 2.21 bits per heavy atom. The predicted molar refractivity (Wildman–Crippen MR) is 53.9 cm³/mol. The molecule has 1 aliphatic heterocycles. The second-order valence-corrected chi connectivity index (χ2v) is 4.31. The largest absolute Gasteiger partial charge is 0.309 e. The first-order chi connectivity index (χ1) is 6.95. The highest BCUT2D eigenvalue weighted by Crippen LogP contribution is 2.36. The average molecular weight is 189 g/mol. The number of fused-ring (bicyclic) bond motifs is 3. The van der Waals surface area contributed by atoms with E-state index in [0.717, 1.165) is 6.54 Å². The van der Waals surface area contributed by atoms with Gasteiger partial charge in [0.2, 0.25) is 0 Å². The summed E-state index contributed by atoms with van der Waals surface area (Å²) in [6.45, 7) is 0.956. The van der Waals surface area contributed by atoms with Crippen LogP contribution in [0.3, 0.4) is 0 Å². The summed E-state index contributed by atoms with van der Waals surface area (Å²) >= 11 is 0. The lowest BCUT2D eigenvalue weighted by molar-refractivity contribution is 0.301. The van der Waals surface area contributed by atoms with E-state index < -0.39 is 0 Å². The van der Waals surface area contributed by atoms with Crippen LogP contribution in [-0.4, -0.2) is 16.0 Å². The SMILES string of the molecule is c1ncc2c(n1)C1CCCCC1NC2. The minimum atomic E-state index is 0.649. The number of nitrogens with zero attached hydrogens (tertiary/aromatic N) is 2. The van der Waals surface area contributed by atoms with E-state index in [1.54, 1.807) is 6.33 Å². The normalized spacial score (nSPS) is 30.6. The molecule has 2 aliphatic rings. The van der Waals surface area contributed by atoms with E-state index in [1.807, 2.05) is 6.20 Å². The van der Waals surface area contributed by atoms with Crippen LogP contribution < -0.4 is 5.32 Å². The number of nitrogens with one attached hydrogen (secondary N) is 1. The third kappa shape index (κ3) is 1.23. The summed E-state index contributed by atoms with van der Waals surface area (Å²) in [5.74, 6) is 0.649. The minimum absolute atomic E-state index is 0.649. The molecule has 1 fully saturated rings. The van der Waals surface area contributed by atoms with Gasteiger partial charge in [0, 0.05) is 30.3 Å². The lowest BCUT2D eigenvalue weighted by Crippen LogP contribution is -2.41. The summed E-state index contributed by atoms with van der Waals surface area (Å²) in [5, 5.41) is 3.60. The van der Waals surface area contributed by atoms with Gasteiger partial charge < -0.3 is 5.32 Å². The van der Waals surface area contributed by atoms with Crippen molar-refractivity contribution in [3.8, 4) is 0 Å². The smallest absolute Gasteiger partial charge is 0.115 e. The molecule has 0 radical (unpaired) electrons. The van der Waals surface area contributed by atoms with Gasteiger partial charge in [0.05, 0.1) is 5.69 Å². The topological polar surface area (TPSA) is 37.8 Å². The van der Waals surface area contributed by atoms with Crippen LogP contribution in [0.5, 0.6) is 0 Å². The zero-order chi connectivity index (χ0) is 9.38. The van der Waals surface area contributed by atoms with E-state index in [-0.39, 0.29) is 0 Å². The molecule has 74 valence electrons. The fourth-order valence-electron chi connectivity index (χ4n) is 2.78. The zero-order valence-electron chi connectivity index (χ0n) is 8.24. The molecule has 1 saturated carbocycles. The van der Waals surface area contributed by atoms with Crippen LogP contribution in [0.25, 0.3) is 0 Å². The third-order valence-electron chi connectivity index (χ3n) is 3.49. The lowest BCUT2D eigenvalue weighted by atomic mass is 9.79. The molecule has 14 heavy (non-hydrogen) atoms. The maximum absolute atomic E-state index is 4.45. The molecular formula is C11H15N3. The van der Waals surface area contributed by atoms with Crippen molar-refractivity contribution in [2.45, 2.75) is 44.2 Å². The maximum Gasteiger partial charge on any atom is 0.115 e. The van der Waals surface area contributed by atoms with E-state index in [9.17, 15) is 0 Å². The molecule has 0 spiro atoms. The van der Waals surface area contributed by atoms with E-state index in [0.29, 0.717) is 12.0 Å². The first-order valence-electron chi connectivity index (χ1n) is 5.47. The van der Waals surface area contributed by atoms with E-state index in [1.165, 1.54) is 36.9 Å². The molecule has 2 unspecified atom stereocenters. The van der Waals surface area contributed by atoms with Gasteiger partial charge >= 0.3 is 0 Å². The molecule has 3 nitrogen and oxygen atoms in total. The van der Waals surface area contributed by atoms with Gasteiger partial charge in [-0.05, 0) is 12.8 Å². The molecule has 3 heteroatoms. The quantitative estimate of drug-likeness (QED) is 0.673. The minimum Gasteiger partial charge on any atom is -0.309 e. The van der Waals surface area contributed by atoms with E-state index in [2.05, 4.69) is 15.3 Å². The van der Waals surface area contributed by atoms with Gasteiger partial charge in [-0.15, -0.1) is 0 Å². The average Bonchev–Trinajstić information content (AvgIpc) is 2.29. The number of hydrogen-bond acceptors (Lipinski definition) is 3. The Hall–Kier alpha value is -0.960. The van der Waals surface area contributed by atoms with Gasteiger partial charge in [0.1, 0.15) is 6.33 Å². The third-order valence-corrected chi connectivity index (χ3v) is 3.49. The first kappa shape index (κ1) is 8.36. The molecule has 1 aromatic rings. The second-order valence-electron chi connectivity index (χ2n) is 4.31. The number of aromatic nitrogens is 2. The van der Waals surface area contributed by atoms with Crippen LogP contribution in [0, 0.1) is 0 Å². The summed E-state index contributed by atoms with van der Waals surface area (Å²) < 4.78 is 0. The Balaban J connectivity index is 1.99. The summed E-state index contributed by atoms with van der Waals surface area (Å²) in [4.78, 5) is 8.54. The Bertz CT molecular complexity index is 337. The van der Waals surface area contributed by atoms with Gasteiger partial charge in [0.25, 0.3) is 0 Å². The van der Waals surface area contributed by atoms with Gasteiger partial charge in [-0.3, -0.25) is 0 Å². The van der Waals surface area contributed by atoms with Crippen molar-refractivity contribution in [3.63, 3.8) is 0 Å². The monoisotopic (exact) mass is 189 g/mol. The fraction of sp³-hybridized carbons (Fsp3) is 0.636. The van der Waals surface area contributed by atoms with Gasteiger partial charge in [0.15, 0.2) is 0 Å². The van der Waals surface area contributed by atoms with Gasteiger partial charge in [-0.1, -0.05) is 12.8 Å². The molecule has 1 aromatic heterocycles. The second kappa shape index (κ2) is 3.31.